The third-order valence-electron chi connectivity index (χ3n) is 2.80. The molecule has 0 fully saturated rings. The first-order valence-corrected chi connectivity index (χ1v) is 6.73. The molecular formula is C16H21N3O. The lowest BCUT2D eigenvalue weighted by molar-refractivity contribution is 0.421. The standard InChI is InChI=1S/C16H21N3O/c1-12-14(6-5-8-17-12)20-15-10-13(7-9-18-15)11-19-16(2,3)4/h5-10,19H,11H2,1-4H3. The van der Waals surface area contributed by atoms with Crippen molar-refractivity contribution in [3.8, 4) is 11.6 Å². The highest BCUT2D eigenvalue weighted by Gasteiger charge is 2.09. The van der Waals surface area contributed by atoms with Crippen molar-refractivity contribution in [3.63, 3.8) is 0 Å². The minimum atomic E-state index is 0.0875. The maximum atomic E-state index is 5.78. The van der Waals surface area contributed by atoms with Gasteiger partial charge < -0.3 is 10.1 Å². The summed E-state index contributed by atoms with van der Waals surface area (Å²) in [6, 6.07) is 7.68. The van der Waals surface area contributed by atoms with Gasteiger partial charge in [0.15, 0.2) is 5.75 Å². The monoisotopic (exact) mass is 271 g/mol. The molecule has 2 aromatic rings. The molecule has 4 nitrogen and oxygen atoms in total. The molecule has 2 aromatic heterocycles. The van der Waals surface area contributed by atoms with Crippen molar-refractivity contribution < 1.29 is 4.74 Å². The van der Waals surface area contributed by atoms with Crippen molar-refractivity contribution in [2.75, 3.05) is 0 Å². The first-order chi connectivity index (χ1) is 9.44. The molecule has 0 aliphatic carbocycles. The van der Waals surface area contributed by atoms with Gasteiger partial charge in [-0.3, -0.25) is 4.98 Å². The molecule has 20 heavy (non-hydrogen) atoms. The molecule has 0 unspecified atom stereocenters. The Balaban J connectivity index is 2.08. The van der Waals surface area contributed by atoms with Gasteiger partial charge in [0.25, 0.3) is 0 Å². The summed E-state index contributed by atoms with van der Waals surface area (Å²) < 4.78 is 5.78. The van der Waals surface area contributed by atoms with Crippen LogP contribution in [-0.4, -0.2) is 15.5 Å². The van der Waals surface area contributed by atoms with E-state index in [1.807, 2.05) is 31.2 Å². The van der Waals surface area contributed by atoms with Gasteiger partial charge in [0.05, 0.1) is 5.69 Å². The molecule has 0 saturated heterocycles. The average Bonchev–Trinajstić information content (AvgIpc) is 2.39. The number of nitrogens with one attached hydrogen (secondary N) is 1. The zero-order valence-electron chi connectivity index (χ0n) is 12.5. The van der Waals surface area contributed by atoms with E-state index in [0.29, 0.717) is 5.88 Å². The van der Waals surface area contributed by atoms with Gasteiger partial charge in [-0.2, -0.15) is 0 Å². The Hall–Kier alpha value is -1.94. The lowest BCUT2D eigenvalue weighted by Gasteiger charge is -2.20. The van der Waals surface area contributed by atoms with Crippen LogP contribution in [0.2, 0.25) is 0 Å². The van der Waals surface area contributed by atoms with Crippen LogP contribution in [0.25, 0.3) is 0 Å². The summed E-state index contributed by atoms with van der Waals surface area (Å²) >= 11 is 0. The number of rotatable bonds is 4. The molecule has 0 bridgehead atoms. The van der Waals surface area contributed by atoms with Crippen molar-refractivity contribution in [3.05, 3.63) is 47.9 Å². The fourth-order valence-electron chi connectivity index (χ4n) is 1.67. The van der Waals surface area contributed by atoms with E-state index < -0.39 is 0 Å². The minimum Gasteiger partial charge on any atom is -0.437 e. The Morgan fingerprint density at radius 3 is 2.65 bits per heavy atom. The smallest absolute Gasteiger partial charge is 0.219 e. The lowest BCUT2D eigenvalue weighted by Crippen LogP contribution is -2.35. The summed E-state index contributed by atoms with van der Waals surface area (Å²) in [5.41, 5.74) is 2.09. The fourth-order valence-corrected chi connectivity index (χ4v) is 1.67. The number of hydrogen-bond acceptors (Lipinski definition) is 4. The molecule has 4 heteroatoms. The third-order valence-corrected chi connectivity index (χ3v) is 2.80. The Morgan fingerprint density at radius 1 is 1.15 bits per heavy atom. The SMILES string of the molecule is Cc1ncccc1Oc1cc(CNC(C)(C)C)ccn1. The second kappa shape index (κ2) is 6.01. The highest BCUT2D eigenvalue weighted by Crippen LogP contribution is 2.22. The highest BCUT2D eigenvalue weighted by atomic mass is 16.5. The van der Waals surface area contributed by atoms with Crippen LogP contribution in [0.15, 0.2) is 36.7 Å². The topological polar surface area (TPSA) is 47.0 Å². The molecule has 1 N–H and O–H groups in total. The predicted molar refractivity (Wildman–Crippen MR) is 79.9 cm³/mol. The minimum absolute atomic E-state index is 0.0875. The van der Waals surface area contributed by atoms with Crippen LogP contribution in [0.5, 0.6) is 11.6 Å². The van der Waals surface area contributed by atoms with Crippen LogP contribution < -0.4 is 10.1 Å². The molecule has 2 heterocycles. The van der Waals surface area contributed by atoms with Crippen molar-refractivity contribution >= 4 is 0 Å². The van der Waals surface area contributed by atoms with Crippen molar-refractivity contribution in [2.45, 2.75) is 39.8 Å². The molecular weight excluding hydrogens is 250 g/mol. The molecule has 0 radical (unpaired) electrons. The molecule has 0 atom stereocenters. The number of pyridine rings is 2. The molecule has 106 valence electrons. The summed E-state index contributed by atoms with van der Waals surface area (Å²) in [6.45, 7) is 9.13. The van der Waals surface area contributed by atoms with Crippen LogP contribution in [0, 0.1) is 6.92 Å². The number of ether oxygens (including phenoxy) is 1. The highest BCUT2D eigenvalue weighted by molar-refractivity contribution is 5.31. The number of hydrogen-bond donors (Lipinski definition) is 1. The van der Waals surface area contributed by atoms with Gasteiger partial charge >= 0.3 is 0 Å². The van der Waals surface area contributed by atoms with E-state index in [-0.39, 0.29) is 5.54 Å². The van der Waals surface area contributed by atoms with E-state index in [1.165, 1.54) is 0 Å². The van der Waals surface area contributed by atoms with Crippen LogP contribution in [0.3, 0.4) is 0 Å². The van der Waals surface area contributed by atoms with E-state index in [2.05, 4.69) is 36.1 Å². The van der Waals surface area contributed by atoms with E-state index in [1.54, 1.807) is 12.4 Å². The quantitative estimate of drug-likeness (QED) is 0.925. The third kappa shape index (κ3) is 4.31. The van der Waals surface area contributed by atoms with Crippen molar-refractivity contribution in [1.82, 2.24) is 15.3 Å². The van der Waals surface area contributed by atoms with Gasteiger partial charge in [-0.25, -0.2) is 4.98 Å². The maximum absolute atomic E-state index is 5.78. The molecule has 0 spiro atoms. The van der Waals surface area contributed by atoms with Gasteiger partial charge in [-0.1, -0.05) is 0 Å². The average molecular weight is 271 g/mol. The largest absolute Gasteiger partial charge is 0.437 e. The molecule has 0 saturated carbocycles. The van der Waals surface area contributed by atoms with E-state index in [0.717, 1.165) is 23.6 Å². The Labute approximate surface area is 120 Å². The molecule has 0 amide bonds. The second-order valence-corrected chi connectivity index (χ2v) is 5.79. The molecule has 0 aromatic carbocycles. The number of aromatic nitrogens is 2. The van der Waals surface area contributed by atoms with E-state index in [4.69, 9.17) is 4.74 Å². The summed E-state index contributed by atoms with van der Waals surface area (Å²) in [4.78, 5) is 8.44. The van der Waals surface area contributed by atoms with Crippen LogP contribution in [-0.2, 0) is 6.54 Å². The predicted octanol–water partition coefficient (Wildman–Crippen LogP) is 3.47. The Kier molecular flexibility index (Phi) is 4.35. The van der Waals surface area contributed by atoms with Crippen LogP contribution in [0.4, 0.5) is 0 Å². The fraction of sp³-hybridized carbons (Fsp3) is 0.375. The van der Waals surface area contributed by atoms with Crippen molar-refractivity contribution in [1.29, 1.82) is 0 Å². The molecule has 2 rings (SSSR count). The Bertz CT molecular complexity index is 576. The number of aryl methyl sites for hydroxylation is 1. The Morgan fingerprint density at radius 2 is 1.95 bits per heavy atom. The lowest BCUT2D eigenvalue weighted by atomic mass is 10.1. The zero-order chi connectivity index (χ0) is 14.6. The maximum Gasteiger partial charge on any atom is 0.219 e. The van der Waals surface area contributed by atoms with Gasteiger partial charge in [0.1, 0.15) is 0 Å². The normalized spacial score (nSPS) is 11.4. The van der Waals surface area contributed by atoms with Crippen LogP contribution >= 0.6 is 0 Å². The van der Waals surface area contributed by atoms with Crippen LogP contribution in [0.1, 0.15) is 32.0 Å². The van der Waals surface area contributed by atoms with E-state index >= 15 is 0 Å². The van der Waals surface area contributed by atoms with Gasteiger partial charge in [0.2, 0.25) is 5.88 Å². The first kappa shape index (κ1) is 14.5. The summed E-state index contributed by atoms with van der Waals surface area (Å²) in [6.07, 6.45) is 3.51. The van der Waals surface area contributed by atoms with Gasteiger partial charge in [0, 0.05) is 30.5 Å². The second-order valence-electron chi connectivity index (χ2n) is 5.79. The zero-order valence-corrected chi connectivity index (χ0v) is 12.5. The van der Waals surface area contributed by atoms with Crippen molar-refractivity contribution in [2.24, 2.45) is 0 Å². The molecule has 0 aliphatic rings. The number of nitrogens with zero attached hydrogens (tertiary/aromatic N) is 2. The summed E-state index contributed by atoms with van der Waals surface area (Å²) in [5, 5.41) is 3.44. The van der Waals surface area contributed by atoms with Gasteiger partial charge in [-0.05, 0) is 51.5 Å². The summed E-state index contributed by atoms with van der Waals surface area (Å²) in [7, 11) is 0. The van der Waals surface area contributed by atoms with E-state index in [9.17, 15) is 0 Å². The summed E-state index contributed by atoms with van der Waals surface area (Å²) in [5.74, 6) is 1.33. The first-order valence-electron chi connectivity index (χ1n) is 6.73. The molecule has 0 aliphatic heterocycles. The van der Waals surface area contributed by atoms with Gasteiger partial charge in [-0.15, -0.1) is 0 Å².